The van der Waals surface area contributed by atoms with Crippen LogP contribution in [0.2, 0.25) is 0 Å². The van der Waals surface area contributed by atoms with Crippen molar-refractivity contribution in [2.75, 3.05) is 45.3 Å². The maximum Gasteiger partial charge on any atom is 0.265 e. The summed E-state index contributed by atoms with van der Waals surface area (Å²) in [6.45, 7) is 2.15. The molecule has 3 N–H and O–H groups in total. The topological polar surface area (TPSA) is 61.6 Å². The fourth-order valence-electron chi connectivity index (χ4n) is 2.10. The highest BCUT2D eigenvalue weighted by Gasteiger charge is 2.21. The lowest BCUT2D eigenvalue weighted by molar-refractivity contribution is 0.0833. The molecule has 0 spiro atoms. The molecule has 2 rings (SSSR count). The zero-order valence-electron chi connectivity index (χ0n) is 11.1. The SMILES string of the molecule is CN1CCC(Nc2cc(N)c(C(=O)N(C)C)s2)C1. The minimum absolute atomic E-state index is 0.0333. The van der Waals surface area contributed by atoms with Gasteiger partial charge in [0.15, 0.2) is 0 Å². The minimum atomic E-state index is -0.0333. The Bertz CT molecular complexity index is 443. The summed E-state index contributed by atoms with van der Waals surface area (Å²) in [5, 5.41) is 4.44. The number of nitrogens with zero attached hydrogens (tertiary/aromatic N) is 2. The van der Waals surface area contributed by atoms with Crippen LogP contribution in [0, 0.1) is 0 Å². The number of amides is 1. The van der Waals surface area contributed by atoms with Crippen LogP contribution in [0.4, 0.5) is 10.7 Å². The van der Waals surface area contributed by atoms with Crippen molar-refractivity contribution < 1.29 is 4.79 Å². The quantitative estimate of drug-likeness (QED) is 0.863. The van der Waals surface area contributed by atoms with Gasteiger partial charge in [0.05, 0.1) is 10.7 Å². The molecule has 1 unspecified atom stereocenters. The Kier molecular flexibility index (Phi) is 3.77. The third kappa shape index (κ3) is 2.76. The molecule has 0 bridgehead atoms. The van der Waals surface area contributed by atoms with Gasteiger partial charge in [-0.1, -0.05) is 0 Å². The maximum absolute atomic E-state index is 11.9. The first-order valence-electron chi connectivity index (χ1n) is 6.03. The molecule has 0 radical (unpaired) electrons. The molecule has 1 aliphatic heterocycles. The number of likely N-dealkylation sites (N-methyl/N-ethyl adjacent to an activating group) is 1. The van der Waals surface area contributed by atoms with Crippen molar-refractivity contribution in [3.05, 3.63) is 10.9 Å². The molecule has 6 heteroatoms. The van der Waals surface area contributed by atoms with Crippen LogP contribution in [0.15, 0.2) is 6.07 Å². The summed E-state index contributed by atoms with van der Waals surface area (Å²) < 4.78 is 0. The summed E-state index contributed by atoms with van der Waals surface area (Å²) in [5.41, 5.74) is 6.46. The van der Waals surface area contributed by atoms with Crippen molar-refractivity contribution in [3.63, 3.8) is 0 Å². The fourth-order valence-corrected chi connectivity index (χ4v) is 3.18. The highest BCUT2D eigenvalue weighted by atomic mass is 32.1. The zero-order valence-corrected chi connectivity index (χ0v) is 11.9. The Labute approximate surface area is 112 Å². The van der Waals surface area contributed by atoms with Gasteiger partial charge in [0.25, 0.3) is 5.91 Å². The second-order valence-corrected chi connectivity index (χ2v) is 6.04. The minimum Gasteiger partial charge on any atom is -0.397 e. The number of rotatable bonds is 3. The molecule has 0 aliphatic carbocycles. The largest absolute Gasteiger partial charge is 0.397 e. The zero-order chi connectivity index (χ0) is 13.3. The molecule has 1 aromatic rings. The van der Waals surface area contributed by atoms with E-state index in [0.717, 1.165) is 24.5 Å². The van der Waals surface area contributed by atoms with Crippen LogP contribution in [0.5, 0.6) is 0 Å². The Morgan fingerprint density at radius 2 is 2.33 bits per heavy atom. The van der Waals surface area contributed by atoms with Gasteiger partial charge in [-0.05, 0) is 26.1 Å². The Morgan fingerprint density at radius 1 is 1.61 bits per heavy atom. The van der Waals surface area contributed by atoms with Crippen molar-refractivity contribution >= 4 is 27.9 Å². The molecular formula is C12H20N4OS. The molecule has 100 valence electrons. The molecule has 0 saturated carbocycles. The van der Waals surface area contributed by atoms with Crippen LogP contribution >= 0.6 is 11.3 Å². The summed E-state index contributed by atoms with van der Waals surface area (Å²) in [6, 6.07) is 2.31. The van der Waals surface area contributed by atoms with E-state index in [0.29, 0.717) is 16.6 Å². The number of likely N-dealkylation sites (tertiary alicyclic amines) is 1. The molecule has 1 atom stereocenters. The number of anilines is 2. The first kappa shape index (κ1) is 13.2. The average Bonchev–Trinajstić information content (AvgIpc) is 2.85. The normalized spacial score (nSPS) is 20.1. The maximum atomic E-state index is 11.9. The van der Waals surface area contributed by atoms with Gasteiger partial charge in [-0.15, -0.1) is 11.3 Å². The van der Waals surface area contributed by atoms with Crippen molar-refractivity contribution in [1.82, 2.24) is 9.80 Å². The first-order valence-corrected chi connectivity index (χ1v) is 6.85. The predicted molar refractivity (Wildman–Crippen MR) is 76.3 cm³/mol. The number of carbonyl (C=O) groups is 1. The van der Waals surface area contributed by atoms with Crippen molar-refractivity contribution in [3.8, 4) is 0 Å². The van der Waals surface area contributed by atoms with E-state index in [1.165, 1.54) is 11.3 Å². The van der Waals surface area contributed by atoms with Gasteiger partial charge in [-0.3, -0.25) is 4.79 Å². The monoisotopic (exact) mass is 268 g/mol. The summed E-state index contributed by atoms with van der Waals surface area (Å²) in [5.74, 6) is -0.0333. The van der Waals surface area contributed by atoms with Crippen LogP contribution in [0.3, 0.4) is 0 Å². The highest BCUT2D eigenvalue weighted by Crippen LogP contribution is 2.31. The van der Waals surface area contributed by atoms with E-state index >= 15 is 0 Å². The third-order valence-corrected chi connectivity index (χ3v) is 4.17. The fraction of sp³-hybridized carbons (Fsp3) is 0.583. The van der Waals surface area contributed by atoms with Crippen LogP contribution in [-0.4, -0.2) is 56.0 Å². The Morgan fingerprint density at radius 3 is 2.89 bits per heavy atom. The van der Waals surface area contributed by atoms with E-state index in [4.69, 9.17) is 5.73 Å². The van der Waals surface area contributed by atoms with Gasteiger partial charge >= 0.3 is 0 Å². The van der Waals surface area contributed by atoms with Gasteiger partial charge in [0.2, 0.25) is 0 Å². The predicted octanol–water partition coefficient (Wildman–Crippen LogP) is 1.15. The number of nitrogens with two attached hydrogens (primary N) is 1. The third-order valence-electron chi connectivity index (χ3n) is 3.10. The van der Waals surface area contributed by atoms with Crippen molar-refractivity contribution in [1.29, 1.82) is 0 Å². The summed E-state index contributed by atoms with van der Waals surface area (Å²) in [6.07, 6.45) is 1.13. The number of hydrogen-bond acceptors (Lipinski definition) is 5. The van der Waals surface area contributed by atoms with Crippen LogP contribution in [-0.2, 0) is 0 Å². The summed E-state index contributed by atoms with van der Waals surface area (Å²) in [4.78, 5) is 16.4. The van der Waals surface area contributed by atoms with Crippen molar-refractivity contribution in [2.24, 2.45) is 0 Å². The van der Waals surface area contributed by atoms with Crippen molar-refractivity contribution in [2.45, 2.75) is 12.5 Å². The van der Waals surface area contributed by atoms with Gasteiger partial charge < -0.3 is 20.9 Å². The van der Waals surface area contributed by atoms with E-state index in [1.54, 1.807) is 19.0 Å². The lowest BCUT2D eigenvalue weighted by Crippen LogP contribution is -2.23. The smallest absolute Gasteiger partial charge is 0.265 e. The second kappa shape index (κ2) is 5.16. The van der Waals surface area contributed by atoms with Crippen LogP contribution < -0.4 is 11.1 Å². The van der Waals surface area contributed by atoms with E-state index in [1.807, 2.05) is 6.07 Å². The number of hydrogen-bond donors (Lipinski definition) is 2. The second-order valence-electron chi connectivity index (χ2n) is 4.99. The lowest BCUT2D eigenvalue weighted by atomic mass is 10.2. The van der Waals surface area contributed by atoms with Crippen LogP contribution in [0.25, 0.3) is 0 Å². The van der Waals surface area contributed by atoms with Crippen LogP contribution in [0.1, 0.15) is 16.1 Å². The molecular weight excluding hydrogens is 248 g/mol. The van der Waals surface area contributed by atoms with E-state index in [2.05, 4.69) is 17.3 Å². The standard InChI is InChI=1S/C12H20N4OS/c1-15(2)12(17)11-9(13)6-10(18-11)14-8-4-5-16(3)7-8/h6,8,14H,4-5,7,13H2,1-3H3. The van der Waals surface area contributed by atoms with Gasteiger partial charge in [-0.2, -0.15) is 0 Å². The number of carbonyl (C=O) groups excluding carboxylic acids is 1. The molecule has 1 aromatic heterocycles. The summed E-state index contributed by atoms with van der Waals surface area (Å²) >= 11 is 1.44. The molecule has 2 heterocycles. The van der Waals surface area contributed by atoms with E-state index in [-0.39, 0.29) is 5.91 Å². The van der Waals surface area contributed by atoms with Gasteiger partial charge in [0.1, 0.15) is 4.88 Å². The van der Waals surface area contributed by atoms with E-state index in [9.17, 15) is 4.79 Å². The van der Waals surface area contributed by atoms with Gasteiger partial charge in [0, 0.05) is 26.7 Å². The number of thiophene rings is 1. The summed E-state index contributed by atoms with van der Waals surface area (Å²) in [7, 11) is 5.59. The first-order chi connectivity index (χ1) is 8.47. The number of nitrogen functional groups attached to an aromatic ring is 1. The van der Waals surface area contributed by atoms with E-state index < -0.39 is 0 Å². The average molecular weight is 268 g/mol. The molecule has 1 amide bonds. The molecule has 1 aliphatic rings. The highest BCUT2D eigenvalue weighted by molar-refractivity contribution is 7.18. The Hall–Kier alpha value is -1.27. The Balaban J connectivity index is 2.07. The van der Waals surface area contributed by atoms with Gasteiger partial charge in [-0.25, -0.2) is 0 Å². The molecule has 5 nitrogen and oxygen atoms in total. The molecule has 0 aromatic carbocycles. The molecule has 18 heavy (non-hydrogen) atoms. The number of nitrogens with one attached hydrogen (secondary N) is 1. The molecule has 1 fully saturated rings. The molecule has 1 saturated heterocycles. The lowest BCUT2D eigenvalue weighted by Gasteiger charge is -2.12.